The molecule has 3 unspecified atom stereocenters. The number of carbonyl (C=O) groups excluding carboxylic acids is 3. The second kappa shape index (κ2) is 17.2. The number of likely N-dealkylation sites (tertiary alicyclic amines) is 1. The maximum Gasteiger partial charge on any atom is 0.230 e. The number of thioether (sulfide) groups is 1. The van der Waals surface area contributed by atoms with Gasteiger partial charge in [-0.25, -0.2) is 0 Å². The summed E-state index contributed by atoms with van der Waals surface area (Å²) >= 11 is 1.57. The van der Waals surface area contributed by atoms with E-state index in [2.05, 4.69) is 29.4 Å². The highest BCUT2D eigenvalue weighted by Gasteiger charge is 2.59. The van der Waals surface area contributed by atoms with E-state index in [0.29, 0.717) is 23.6 Å². The molecule has 0 bridgehead atoms. The van der Waals surface area contributed by atoms with Gasteiger partial charge in [0.25, 0.3) is 0 Å². The molecule has 5 rings (SSSR count). The van der Waals surface area contributed by atoms with Gasteiger partial charge in [-0.05, 0) is 46.9 Å². The molecule has 0 radical (unpaired) electrons. The third-order valence-corrected chi connectivity index (χ3v) is 11.1. The molecule has 2 heterocycles. The number of carbonyl (C=O) groups is 3. The van der Waals surface area contributed by atoms with E-state index >= 15 is 0 Å². The zero-order valence-corrected chi connectivity index (χ0v) is 29.1. The number of amides is 2. The van der Waals surface area contributed by atoms with E-state index in [1.165, 1.54) is 69.1 Å². The number of unbranched alkanes of at least 4 members (excludes halogenated alkanes) is 11. The van der Waals surface area contributed by atoms with Crippen molar-refractivity contribution < 1.29 is 14.4 Å². The Kier molecular flexibility index (Phi) is 12.8. The van der Waals surface area contributed by atoms with Gasteiger partial charge in [-0.1, -0.05) is 145 Å². The molecule has 0 spiro atoms. The maximum atomic E-state index is 14.5. The highest BCUT2D eigenvalue weighted by molar-refractivity contribution is 7.99. The first-order chi connectivity index (χ1) is 23.0. The molecule has 0 saturated carbocycles. The Morgan fingerprint density at radius 3 is 2.02 bits per heavy atom. The first-order valence-corrected chi connectivity index (χ1v) is 18.8. The van der Waals surface area contributed by atoms with Crippen molar-refractivity contribution in [2.24, 2.45) is 5.92 Å². The normalized spacial score (nSPS) is 19.0. The van der Waals surface area contributed by atoms with Crippen LogP contribution in [0.5, 0.6) is 0 Å². The summed E-state index contributed by atoms with van der Waals surface area (Å²) in [4.78, 5) is 42.7. The van der Waals surface area contributed by atoms with Crippen LogP contribution >= 0.6 is 11.8 Å². The first kappa shape index (κ1) is 35.0. The number of nitrogens with zero attached hydrogens (tertiary/aromatic N) is 5. The molecule has 1 aliphatic heterocycles. The largest absolute Gasteiger partial charge is 0.291 e. The number of Topliss-reactive ketones (excluding diaryl/α,β-unsaturated/α-hetero) is 1. The SMILES string of the molecule is CCCCCCCCCCCCCCC(CC(C)Sc1nnnn1-c1ccccc1)C1(N2C(=O)CCC2=O)Cc2ccccc2C1=O. The number of rotatable bonds is 20. The minimum absolute atomic E-state index is 0.0342. The topological polar surface area (TPSA) is 98.1 Å². The van der Waals surface area contributed by atoms with Crippen LogP contribution in [0.25, 0.3) is 5.69 Å². The summed E-state index contributed by atoms with van der Waals surface area (Å²) in [7, 11) is 0. The van der Waals surface area contributed by atoms with Gasteiger partial charge in [0, 0.05) is 30.1 Å². The second-order valence-electron chi connectivity index (χ2n) is 13.5. The van der Waals surface area contributed by atoms with Gasteiger partial charge in [-0.15, -0.1) is 5.10 Å². The molecule has 1 aromatic heterocycles. The van der Waals surface area contributed by atoms with Gasteiger partial charge in [-0.3, -0.25) is 19.3 Å². The van der Waals surface area contributed by atoms with Gasteiger partial charge in [0.1, 0.15) is 5.54 Å². The lowest BCUT2D eigenvalue weighted by Gasteiger charge is -2.43. The Labute approximate surface area is 284 Å². The summed E-state index contributed by atoms with van der Waals surface area (Å²) in [5.74, 6) is -0.694. The molecule has 1 fully saturated rings. The first-order valence-electron chi connectivity index (χ1n) is 17.9. The smallest absolute Gasteiger partial charge is 0.230 e. The Balaban J connectivity index is 1.30. The van der Waals surface area contributed by atoms with Crippen LogP contribution in [0.4, 0.5) is 0 Å². The minimum atomic E-state index is -1.19. The highest BCUT2D eigenvalue weighted by atomic mass is 32.2. The van der Waals surface area contributed by atoms with E-state index < -0.39 is 5.54 Å². The van der Waals surface area contributed by atoms with Gasteiger partial charge in [0.2, 0.25) is 17.0 Å². The van der Waals surface area contributed by atoms with Crippen LogP contribution in [0.2, 0.25) is 0 Å². The van der Waals surface area contributed by atoms with Crippen molar-refractivity contribution in [2.75, 3.05) is 0 Å². The summed E-state index contributed by atoms with van der Waals surface area (Å²) in [6.45, 7) is 4.40. The molecular weight excluding hydrogens is 607 g/mol. The summed E-state index contributed by atoms with van der Waals surface area (Å²) in [6, 6.07) is 17.5. The molecule has 9 heteroatoms. The average molecular weight is 658 g/mol. The van der Waals surface area contributed by atoms with Crippen molar-refractivity contribution in [1.29, 1.82) is 0 Å². The summed E-state index contributed by atoms with van der Waals surface area (Å²) in [5.41, 5.74) is 1.27. The molecule has 252 valence electrons. The van der Waals surface area contributed by atoms with Crippen molar-refractivity contribution in [3.05, 3.63) is 65.7 Å². The Bertz CT molecular complexity index is 1460. The Hall–Kier alpha value is -3.33. The molecule has 2 aliphatic rings. The quantitative estimate of drug-likeness (QED) is 0.0682. The number of fused-ring (bicyclic) bond motifs is 1. The van der Waals surface area contributed by atoms with Crippen LogP contribution in [0.1, 0.15) is 133 Å². The summed E-state index contributed by atoms with van der Waals surface area (Å²) in [5, 5.41) is 13.2. The summed E-state index contributed by atoms with van der Waals surface area (Å²) < 4.78 is 1.74. The van der Waals surface area contributed by atoms with Crippen molar-refractivity contribution in [3.8, 4) is 5.69 Å². The standard InChI is InChI=1S/C38H51N5O3S/c1-3-4-5-6-7-8-9-10-11-12-13-15-21-31(27-29(2)47-37-39-40-41-43(37)32-22-16-14-17-23-32)38(42-34(44)25-26-35(42)45)28-30-20-18-19-24-33(30)36(38)46/h14,16-20,22-24,29,31H,3-13,15,21,25-28H2,1-2H3. The second-order valence-corrected chi connectivity index (χ2v) is 14.9. The molecule has 3 atom stereocenters. The molecule has 2 amide bonds. The van der Waals surface area contributed by atoms with Crippen LogP contribution in [0.15, 0.2) is 59.8 Å². The van der Waals surface area contributed by atoms with Crippen LogP contribution in [-0.4, -0.2) is 53.5 Å². The number of tetrazole rings is 1. The molecule has 3 aromatic rings. The third-order valence-electron chi connectivity index (χ3n) is 10.0. The molecule has 0 N–H and O–H groups in total. The molecule has 47 heavy (non-hydrogen) atoms. The van der Waals surface area contributed by atoms with Gasteiger partial charge < -0.3 is 0 Å². The molecule has 1 aliphatic carbocycles. The van der Waals surface area contributed by atoms with E-state index in [0.717, 1.165) is 30.5 Å². The lowest BCUT2D eigenvalue weighted by Crippen LogP contribution is -2.60. The van der Waals surface area contributed by atoms with Crippen LogP contribution < -0.4 is 0 Å². The van der Waals surface area contributed by atoms with Gasteiger partial charge in [0.15, 0.2) is 5.78 Å². The monoisotopic (exact) mass is 657 g/mol. The fourth-order valence-electron chi connectivity index (χ4n) is 7.61. The zero-order chi connectivity index (χ0) is 33.1. The van der Waals surface area contributed by atoms with Gasteiger partial charge >= 0.3 is 0 Å². The Morgan fingerprint density at radius 2 is 1.38 bits per heavy atom. The number of benzene rings is 2. The van der Waals surface area contributed by atoms with Gasteiger partial charge in [0.05, 0.1) is 5.69 Å². The minimum Gasteiger partial charge on any atom is -0.291 e. The lowest BCUT2D eigenvalue weighted by molar-refractivity contribution is -0.146. The molecule has 2 aromatic carbocycles. The Morgan fingerprint density at radius 1 is 0.787 bits per heavy atom. The number of para-hydroxylation sites is 1. The van der Waals surface area contributed by atoms with Crippen molar-refractivity contribution in [3.63, 3.8) is 0 Å². The molecular formula is C38H51N5O3S. The fraction of sp³-hybridized carbons (Fsp3) is 0.579. The number of aromatic nitrogens is 4. The predicted molar refractivity (Wildman–Crippen MR) is 187 cm³/mol. The summed E-state index contributed by atoms with van der Waals surface area (Å²) in [6.07, 6.45) is 17.2. The van der Waals surface area contributed by atoms with Crippen molar-refractivity contribution >= 4 is 29.4 Å². The van der Waals surface area contributed by atoms with E-state index in [4.69, 9.17) is 0 Å². The van der Waals surface area contributed by atoms with Crippen LogP contribution in [0, 0.1) is 5.92 Å². The van der Waals surface area contributed by atoms with Crippen LogP contribution in [-0.2, 0) is 16.0 Å². The van der Waals surface area contributed by atoms with E-state index in [9.17, 15) is 14.4 Å². The number of ketones is 1. The maximum absolute atomic E-state index is 14.5. The average Bonchev–Trinajstić information content (AvgIpc) is 3.77. The number of hydrogen-bond acceptors (Lipinski definition) is 7. The van der Waals surface area contributed by atoms with E-state index in [1.54, 1.807) is 16.4 Å². The lowest BCUT2D eigenvalue weighted by atomic mass is 9.73. The van der Waals surface area contributed by atoms with Crippen molar-refractivity contribution in [1.82, 2.24) is 25.1 Å². The highest BCUT2D eigenvalue weighted by Crippen LogP contribution is 2.47. The van der Waals surface area contributed by atoms with Crippen LogP contribution in [0.3, 0.4) is 0 Å². The fourth-order valence-corrected chi connectivity index (χ4v) is 8.62. The van der Waals surface area contributed by atoms with E-state index in [-0.39, 0.29) is 41.6 Å². The van der Waals surface area contributed by atoms with Crippen molar-refractivity contribution in [2.45, 2.75) is 139 Å². The van der Waals surface area contributed by atoms with E-state index in [1.807, 2.05) is 54.6 Å². The number of hydrogen-bond donors (Lipinski definition) is 0. The number of imide groups is 1. The molecule has 8 nitrogen and oxygen atoms in total. The predicted octanol–water partition coefficient (Wildman–Crippen LogP) is 8.57. The molecule has 1 saturated heterocycles. The zero-order valence-electron chi connectivity index (χ0n) is 28.2. The van der Waals surface area contributed by atoms with Gasteiger partial charge in [-0.2, -0.15) is 4.68 Å². The third kappa shape index (κ3) is 8.40.